The van der Waals surface area contributed by atoms with Crippen molar-refractivity contribution in [3.05, 3.63) is 24.3 Å². The minimum atomic E-state index is -2.37. The number of aliphatic hydroxyl groups excluding tert-OH is 17. The van der Waals surface area contributed by atoms with Gasteiger partial charge in [-0.15, -0.1) is 0 Å². The van der Waals surface area contributed by atoms with Crippen molar-refractivity contribution in [3.63, 3.8) is 0 Å². The van der Waals surface area contributed by atoms with E-state index in [-0.39, 0.29) is 12.3 Å². The Labute approximate surface area is 689 Å². The van der Waals surface area contributed by atoms with E-state index in [2.05, 4.69) is 41.9 Å². The summed E-state index contributed by atoms with van der Waals surface area (Å²) in [5.74, 6) is -2.01. The van der Waals surface area contributed by atoms with Gasteiger partial charge in [0, 0.05) is 20.3 Å². The molecule has 35 heteroatoms. The maximum absolute atomic E-state index is 13.7. The van der Waals surface area contributed by atoms with Crippen LogP contribution < -0.4 is 16.0 Å². The smallest absolute Gasteiger partial charge is 0.220 e. The average Bonchev–Trinajstić information content (AvgIpc) is 0.766. The van der Waals surface area contributed by atoms with Crippen molar-refractivity contribution in [1.29, 1.82) is 0 Å². The molecule has 12 unspecified atom stereocenters. The first kappa shape index (κ1) is 103. The number of carbonyl (C=O) groups is 3. The molecule has 20 N–H and O–H groups in total. The van der Waals surface area contributed by atoms with E-state index in [4.69, 9.17) is 56.8 Å². The first-order chi connectivity index (χ1) is 56.3. The number of unbranched alkanes of at least 4 members (excludes halogenated alkanes) is 28. The summed E-state index contributed by atoms with van der Waals surface area (Å²) in [5.41, 5.74) is 0. The second-order valence-electron chi connectivity index (χ2n) is 32.4. The molecule has 6 aliphatic rings. The lowest BCUT2D eigenvalue weighted by molar-refractivity contribution is -0.401. The van der Waals surface area contributed by atoms with Crippen LogP contribution in [0.5, 0.6) is 0 Å². The SMILES string of the molecule is CCCCCCCC/C=C\CCCCCCCCCCCCCC(=O)N[C@@H](CO[C@@H]1OC(CO)[C@@H](O[C@@H]2OC(CO)[C@H](O[C@@H]3OC(CO)[C@H](O)[C@H](O)C3NC(C)=O)[C@H](O[C@H]3OC(CO)[C@H](O)[C@H](O[C@@H]4OC(CO)[C@@H](O)[C@H](O[C@H]5OC(C)[C@@H](O)C(O)[C@@H]5O)C4NC(C)=O)C3O)C2O)[C@H](O)C1O)[C@H](O)/C=C/CCCCCCCCCCCCC. The van der Waals surface area contributed by atoms with Gasteiger partial charge in [-0.05, 0) is 51.9 Å². The number of rotatable bonds is 56. The summed E-state index contributed by atoms with van der Waals surface area (Å²) in [7, 11) is 0. The molecule has 6 saturated heterocycles. The molecule has 682 valence electrons. The average molecular weight is 1690 g/mol. The van der Waals surface area contributed by atoms with Crippen LogP contribution in [0.1, 0.15) is 240 Å². The Morgan fingerprint density at radius 3 is 1.22 bits per heavy atom. The monoisotopic (exact) mass is 1690 g/mol. The third-order valence-corrected chi connectivity index (χ3v) is 22.8. The zero-order valence-corrected chi connectivity index (χ0v) is 69.4. The summed E-state index contributed by atoms with van der Waals surface area (Å²) in [6, 6.07) is -4.57. The molecule has 32 atom stereocenters. The number of carbonyl (C=O) groups excluding carboxylic acids is 3. The van der Waals surface area contributed by atoms with Crippen molar-refractivity contribution in [2.45, 2.75) is 436 Å². The largest absolute Gasteiger partial charge is 0.394 e. The highest BCUT2D eigenvalue weighted by Crippen LogP contribution is 2.39. The van der Waals surface area contributed by atoms with E-state index < -0.39 is 248 Å². The molecule has 117 heavy (non-hydrogen) atoms. The minimum absolute atomic E-state index is 0.149. The van der Waals surface area contributed by atoms with Crippen LogP contribution in [-0.4, -0.2) is 340 Å². The predicted molar refractivity (Wildman–Crippen MR) is 420 cm³/mol. The fraction of sp³-hybridized carbons (Fsp3) is 0.915. The number of ether oxygens (including phenoxy) is 12. The summed E-state index contributed by atoms with van der Waals surface area (Å²) >= 11 is 0. The quantitative estimate of drug-likeness (QED) is 0.0295. The molecule has 0 radical (unpaired) electrons. The van der Waals surface area contributed by atoms with Crippen molar-refractivity contribution < 1.29 is 158 Å². The van der Waals surface area contributed by atoms with E-state index in [9.17, 15) is 101 Å². The maximum atomic E-state index is 13.7. The molecule has 0 aromatic carbocycles. The molecule has 3 amide bonds. The van der Waals surface area contributed by atoms with Crippen LogP contribution in [0.4, 0.5) is 0 Å². The lowest BCUT2D eigenvalue weighted by atomic mass is 9.94. The lowest BCUT2D eigenvalue weighted by Gasteiger charge is -2.51. The van der Waals surface area contributed by atoms with Crippen LogP contribution in [0.25, 0.3) is 0 Å². The predicted octanol–water partition coefficient (Wildman–Crippen LogP) is 0.720. The van der Waals surface area contributed by atoms with Crippen molar-refractivity contribution in [1.82, 2.24) is 16.0 Å². The zero-order chi connectivity index (χ0) is 85.5. The number of hydrogen-bond donors (Lipinski definition) is 20. The first-order valence-corrected chi connectivity index (χ1v) is 43.5. The highest BCUT2D eigenvalue weighted by Gasteiger charge is 2.59. The molecule has 35 nitrogen and oxygen atoms in total. The van der Waals surface area contributed by atoms with Crippen molar-refractivity contribution in [2.24, 2.45) is 0 Å². The van der Waals surface area contributed by atoms with Gasteiger partial charge in [-0.1, -0.05) is 192 Å². The Balaban J connectivity index is 1.16. The normalized spacial score (nSPS) is 36.2. The summed E-state index contributed by atoms with van der Waals surface area (Å²) in [6.45, 7) is 2.19. The molecule has 6 rings (SSSR count). The summed E-state index contributed by atoms with van der Waals surface area (Å²) in [6.07, 6.45) is -11.8. The zero-order valence-electron chi connectivity index (χ0n) is 69.4. The Kier molecular flexibility index (Phi) is 48.9. The summed E-state index contributed by atoms with van der Waals surface area (Å²) < 4.78 is 72.5. The molecule has 0 aromatic rings. The van der Waals surface area contributed by atoms with E-state index >= 15 is 0 Å². The Morgan fingerprint density at radius 2 is 0.718 bits per heavy atom. The van der Waals surface area contributed by atoms with Gasteiger partial charge < -0.3 is 160 Å². The second kappa shape index (κ2) is 55.9. The Hall–Kier alpha value is -3.27. The van der Waals surface area contributed by atoms with Crippen molar-refractivity contribution >= 4 is 17.7 Å². The third kappa shape index (κ3) is 32.7. The number of nitrogens with one attached hydrogen (secondary N) is 3. The Morgan fingerprint density at radius 1 is 0.350 bits per heavy atom. The fourth-order valence-corrected chi connectivity index (χ4v) is 15.8. The Bertz CT molecular complexity index is 2740. The summed E-state index contributed by atoms with van der Waals surface area (Å²) in [5, 5.41) is 200. The standard InChI is InChI=1S/C82H147N3O32/c1-6-8-10-12-14-16-18-20-21-22-23-24-25-26-27-29-31-33-35-37-39-41-58(94)85-51(52(93)40-38-36-34-32-30-28-19-17-15-13-11-9-7-2)47-106-79-69(103)67(101)72(56(45-89)111-79)113-82-71(105)76(73(57(46-90)112-82)114-77-59(83-49(4)91)65(99)62(96)53(42-86)108-77)117-81-70(104)75(64(98)55(44-88)110-81)116-78-60(84-50(5)92)74(63(97)54(43-87)109-78)115-80-68(102)66(100)61(95)48(3)107-80/h20-21,38,40,48,51-57,59-82,86-90,93,95-105H,6-19,22-37,39,41-47H2,1-5H3,(H,83,91)(H,84,92)(H,85,94)/b21-20-,40-38+/t48?,51-,52+,53?,54?,55?,56?,57?,59?,60?,61+,62-,63+,64-,65+,66?,67+,68-,69?,70?,71?,72+,73-,74+,75-,76+,77-,78-,79+,80+,81+,82-/m0/s1. The van der Waals surface area contributed by atoms with Crippen LogP contribution in [0.15, 0.2) is 24.3 Å². The van der Waals surface area contributed by atoms with E-state index in [1.807, 2.05) is 6.08 Å². The summed E-state index contributed by atoms with van der Waals surface area (Å²) in [4.78, 5) is 39.3. The van der Waals surface area contributed by atoms with Gasteiger partial charge in [0.05, 0.1) is 57.9 Å². The topological polar surface area (TPSA) is 542 Å². The minimum Gasteiger partial charge on any atom is -0.394 e. The van der Waals surface area contributed by atoms with Crippen LogP contribution in [-0.2, 0) is 71.2 Å². The molecular formula is C82H147N3O32. The highest BCUT2D eigenvalue weighted by atomic mass is 16.8. The van der Waals surface area contributed by atoms with Crippen LogP contribution in [0.2, 0.25) is 0 Å². The molecular weight excluding hydrogens is 1540 g/mol. The second-order valence-corrected chi connectivity index (χ2v) is 32.4. The van der Waals surface area contributed by atoms with E-state index in [0.717, 1.165) is 78.1 Å². The number of allylic oxidation sites excluding steroid dienone is 3. The van der Waals surface area contributed by atoms with E-state index in [1.54, 1.807) is 6.08 Å². The molecule has 0 bridgehead atoms. The van der Waals surface area contributed by atoms with Crippen molar-refractivity contribution in [2.75, 3.05) is 39.6 Å². The van der Waals surface area contributed by atoms with Crippen LogP contribution >= 0.6 is 0 Å². The van der Waals surface area contributed by atoms with Crippen molar-refractivity contribution in [3.8, 4) is 0 Å². The van der Waals surface area contributed by atoms with Gasteiger partial charge in [-0.3, -0.25) is 14.4 Å². The van der Waals surface area contributed by atoms with Gasteiger partial charge in [0.1, 0.15) is 140 Å². The number of aliphatic hydroxyl groups is 17. The van der Waals surface area contributed by atoms with E-state index in [0.29, 0.717) is 12.8 Å². The first-order valence-electron chi connectivity index (χ1n) is 43.5. The van der Waals surface area contributed by atoms with Gasteiger partial charge in [-0.25, -0.2) is 0 Å². The molecule has 0 saturated carbocycles. The molecule has 0 aromatic heterocycles. The number of hydrogen-bond acceptors (Lipinski definition) is 32. The third-order valence-electron chi connectivity index (χ3n) is 22.8. The van der Waals surface area contributed by atoms with Crippen LogP contribution in [0, 0.1) is 0 Å². The van der Waals surface area contributed by atoms with Gasteiger partial charge in [0.2, 0.25) is 17.7 Å². The van der Waals surface area contributed by atoms with Crippen LogP contribution in [0.3, 0.4) is 0 Å². The fourth-order valence-electron chi connectivity index (χ4n) is 15.8. The van der Waals surface area contributed by atoms with Gasteiger partial charge in [-0.2, -0.15) is 0 Å². The maximum Gasteiger partial charge on any atom is 0.220 e. The van der Waals surface area contributed by atoms with Gasteiger partial charge >= 0.3 is 0 Å². The molecule has 6 fully saturated rings. The highest BCUT2D eigenvalue weighted by molar-refractivity contribution is 5.76. The van der Waals surface area contributed by atoms with Gasteiger partial charge in [0.25, 0.3) is 0 Å². The van der Waals surface area contributed by atoms with E-state index in [1.165, 1.54) is 129 Å². The molecule has 6 heterocycles. The van der Waals surface area contributed by atoms with Gasteiger partial charge in [0.15, 0.2) is 37.7 Å². The molecule has 6 aliphatic heterocycles. The lowest BCUT2D eigenvalue weighted by Crippen LogP contribution is -2.71. The molecule has 0 spiro atoms. The molecule has 0 aliphatic carbocycles. The number of amides is 3.